The minimum Gasteiger partial charge on any atom is -0.324 e. The third kappa shape index (κ3) is 2.99. The first-order valence-corrected chi connectivity index (χ1v) is 9.84. The van der Waals surface area contributed by atoms with Gasteiger partial charge in [-0.05, 0) is 38.5 Å². The van der Waals surface area contributed by atoms with Crippen LogP contribution in [0.2, 0.25) is 0 Å². The summed E-state index contributed by atoms with van der Waals surface area (Å²) in [7, 11) is 0. The van der Waals surface area contributed by atoms with Gasteiger partial charge >= 0.3 is 0 Å². The van der Waals surface area contributed by atoms with Crippen molar-refractivity contribution in [1.29, 1.82) is 0 Å². The van der Waals surface area contributed by atoms with Gasteiger partial charge in [-0.15, -0.1) is 11.3 Å². The lowest BCUT2D eigenvalue weighted by Crippen LogP contribution is -2.42. The van der Waals surface area contributed by atoms with E-state index in [2.05, 4.69) is 10.3 Å². The fourth-order valence-corrected chi connectivity index (χ4v) is 4.56. The number of benzene rings is 1. The van der Waals surface area contributed by atoms with Crippen LogP contribution in [0.4, 0.5) is 11.4 Å². The van der Waals surface area contributed by atoms with Crippen LogP contribution in [0.25, 0.3) is 10.2 Å². The molecule has 8 heteroatoms. The third-order valence-electron chi connectivity index (χ3n) is 5.09. The van der Waals surface area contributed by atoms with Gasteiger partial charge in [-0.25, -0.2) is 4.98 Å². The van der Waals surface area contributed by atoms with Gasteiger partial charge in [-0.3, -0.25) is 19.0 Å². The van der Waals surface area contributed by atoms with Crippen molar-refractivity contribution in [2.45, 2.75) is 39.8 Å². The molecule has 1 N–H and O–H groups in total. The fourth-order valence-electron chi connectivity index (χ4n) is 3.57. The van der Waals surface area contributed by atoms with E-state index >= 15 is 0 Å². The summed E-state index contributed by atoms with van der Waals surface area (Å²) < 4.78 is 1.35. The number of anilines is 2. The predicted octanol–water partition coefficient (Wildman–Crippen LogP) is 2.84. The van der Waals surface area contributed by atoms with E-state index in [-0.39, 0.29) is 36.4 Å². The Labute approximate surface area is 165 Å². The summed E-state index contributed by atoms with van der Waals surface area (Å²) >= 11 is 1.48. The molecule has 0 bridgehead atoms. The Kier molecular flexibility index (Phi) is 4.50. The summed E-state index contributed by atoms with van der Waals surface area (Å²) in [6.07, 6.45) is 1.62. The number of amides is 2. The summed E-state index contributed by atoms with van der Waals surface area (Å²) in [5.74, 6) is -0.399. The topological polar surface area (TPSA) is 84.3 Å². The minimum atomic E-state index is -0.325. The number of fused-ring (bicyclic) bond motifs is 2. The van der Waals surface area contributed by atoms with Gasteiger partial charge in [0.15, 0.2) is 0 Å². The van der Waals surface area contributed by atoms with Crippen molar-refractivity contribution in [2.24, 2.45) is 0 Å². The number of hydrogen-bond acceptors (Lipinski definition) is 5. The molecule has 1 atom stereocenters. The van der Waals surface area contributed by atoms with Gasteiger partial charge in [-0.1, -0.05) is 12.1 Å². The average molecular weight is 396 g/mol. The molecule has 144 valence electrons. The second kappa shape index (κ2) is 6.87. The minimum absolute atomic E-state index is 0.136. The highest BCUT2D eigenvalue weighted by Gasteiger charge is 2.30. The molecule has 1 aliphatic heterocycles. The number of carbonyl (C=O) groups excluding carboxylic acids is 2. The molecule has 2 amide bonds. The van der Waals surface area contributed by atoms with Gasteiger partial charge < -0.3 is 10.2 Å². The monoisotopic (exact) mass is 396 g/mol. The summed E-state index contributed by atoms with van der Waals surface area (Å²) in [5, 5.41) is 3.40. The normalized spacial score (nSPS) is 16.6. The first-order valence-electron chi connectivity index (χ1n) is 9.03. The molecule has 0 saturated carbocycles. The molecule has 3 heterocycles. The Morgan fingerprint density at radius 3 is 2.82 bits per heavy atom. The van der Waals surface area contributed by atoms with Crippen LogP contribution in [-0.2, 0) is 16.1 Å². The predicted molar refractivity (Wildman–Crippen MR) is 110 cm³/mol. The molecule has 0 saturated heterocycles. The van der Waals surface area contributed by atoms with Crippen LogP contribution in [0.5, 0.6) is 0 Å². The zero-order valence-electron chi connectivity index (χ0n) is 15.9. The van der Waals surface area contributed by atoms with Gasteiger partial charge in [0.25, 0.3) is 5.56 Å². The molecule has 4 rings (SSSR count). The SMILES string of the molecule is Cc1sc2ncn(CC(=O)N3c4ccccc4NC(=O)CC3C)c(=O)c2c1C. The van der Waals surface area contributed by atoms with E-state index in [0.717, 1.165) is 10.4 Å². The number of nitrogens with one attached hydrogen (secondary N) is 1. The van der Waals surface area contributed by atoms with E-state index in [1.807, 2.05) is 32.9 Å². The molecule has 28 heavy (non-hydrogen) atoms. The molecule has 3 aromatic rings. The van der Waals surface area contributed by atoms with E-state index in [0.29, 0.717) is 21.6 Å². The lowest BCUT2D eigenvalue weighted by atomic mass is 10.1. The fraction of sp³-hybridized carbons (Fsp3) is 0.300. The molecule has 7 nitrogen and oxygen atoms in total. The zero-order chi connectivity index (χ0) is 20.0. The maximum Gasteiger partial charge on any atom is 0.262 e. The van der Waals surface area contributed by atoms with Gasteiger partial charge in [0.05, 0.1) is 23.1 Å². The van der Waals surface area contributed by atoms with Crippen molar-refractivity contribution in [2.75, 3.05) is 10.2 Å². The number of aryl methyl sites for hydroxylation is 2. The van der Waals surface area contributed by atoms with Crippen LogP contribution in [0, 0.1) is 13.8 Å². The second-order valence-corrected chi connectivity index (χ2v) is 8.23. The number of aromatic nitrogens is 2. The summed E-state index contributed by atoms with van der Waals surface area (Å²) in [5.41, 5.74) is 1.92. The molecule has 1 aliphatic rings. The van der Waals surface area contributed by atoms with Gasteiger partial charge in [0.2, 0.25) is 11.8 Å². The average Bonchev–Trinajstić information content (AvgIpc) is 2.86. The van der Waals surface area contributed by atoms with E-state index in [4.69, 9.17) is 0 Å². The number of nitrogens with zero attached hydrogens (tertiary/aromatic N) is 3. The maximum absolute atomic E-state index is 13.2. The molecule has 2 aromatic heterocycles. The number of hydrogen-bond donors (Lipinski definition) is 1. The molecule has 0 radical (unpaired) electrons. The molecular weight excluding hydrogens is 376 g/mol. The van der Waals surface area contributed by atoms with Crippen LogP contribution in [0.3, 0.4) is 0 Å². The Morgan fingerprint density at radius 2 is 2.04 bits per heavy atom. The summed E-state index contributed by atoms with van der Waals surface area (Å²) in [6.45, 7) is 5.55. The number of para-hydroxylation sites is 2. The van der Waals surface area contributed by atoms with Crippen LogP contribution < -0.4 is 15.8 Å². The van der Waals surface area contributed by atoms with E-state index < -0.39 is 0 Å². The van der Waals surface area contributed by atoms with Crippen LogP contribution >= 0.6 is 11.3 Å². The lowest BCUT2D eigenvalue weighted by molar-refractivity contribution is -0.120. The first kappa shape index (κ1) is 18.4. The molecule has 0 fully saturated rings. The van der Waals surface area contributed by atoms with E-state index in [1.54, 1.807) is 17.0 Å². The van der Waals surface area contributed by atoms with Crippen LogP contribution in [-0.4, -0.2) is 27.4 Å². The number of thiophene rings is 1. The van der Waals surface area contributed by atoms with Gasteiger partial charge in [-0.2, -0.15) is 0 Å². The number of carbonyl (C=O) groups is 2. The summed E-state index contributed by atoms with van der Waals surface area (Å²) in [4.78, 5) is 45.9. The van der Waals surface area contributed by atoms with Crippen LogP contribution in [0.1, 0.15) is 23.8 Å². The molecule has 0 spiro atoms. The largest absolute Gasteiger partial charge is 0.324 e. The third-order valence-corrected chi connectivity index (χ3v) is 6.20. The molecule has 0 aliphatic carbocycles. The Balaban J connectivity index is 1.73. The van der Waals surface area contributed by atoms with Gasteiger partial charge in [0.1, 0.15) is 11.4 Å². The number of rotatable bonds is 2. The van der Waals surface area contributed by atoms with Crippen LogP contribution in [0.15, 0.2) is 35.4 Å². The second-order valence-electron chi connectivity index (χ2n) is 7.02. The highest BCUT2D eigenvalue weighted by Crippen LogP contribution is 2.31. The Bertz CT molecular complexity index is 1160. The Morgan fingerprint density at radius 1 is 1.29 bits per heavy atom. The van der Waals surface area contributed by atoms with Crippen molar-refractivity contribution >= 4 is 44.7 Å². The molecule has 1 unspecified atom stereocenters. The van der Waals surface area contributed by atoms with E-state index in [1.165, 1.54) is 22.2 Å². The van der Waals surface area contributed by atoms with E-state index in [9.17, 15) is 14.4 Å². The highest BCUT2D eigenvalue weighted by atomic mass is 32.1. The highest BCUT2D eigenvalue weighted by molar-refractivity contribution is 7.18. The first-order chi connectivity index (χ1) is 13.4. The molecule has 1 aromatic carbocycles. The maximum atomic E-state index is 13.2. The summed E-state index contributed by atoms with van der Waals surface area (Å²) in [6, 6.07) is 6.87. The van der Waals surface area contributed by atoms with Crippen molar-refractivity contribution < 1.29 is 9.59 Å². The smallest absolute Gasteiger partial charge is 0.262 e. The zero-order valence-corrected chi connectivity index (χ0v) is 16.7. The van der Waals surface area contributed by atoms with Crippen molar-refractivity contribution in [3.05, 3.63) is 51.4 Å². The van der Waals surface area contributed by atoms with Gasteiger partial charge in [0, 0.05) is 17.3 Å². The van der Waals surface area contributed by atoms with Crippen molar-refractivity contribution in [3.8, 4) is 0 Å². The standard InChI is InChI=1S/C20H20N4O3S/c1-11-8-16(25)22-14-6-4-5-7-15(14)24(11)17(26)9-23-10-21-19-18(20(23)27)12(2)13(3)28-19/h4-7,10-11H,8-9H2,1-3H3,(H,22,25). The molecular formula is C20H20N4O3S. The quantitative estimate of drug-likeness (QED) is 0.722. The van der Waals surface area contributed by atoms with Crippen molar-refractivity contribution in [1.82, 2.24) is 9.55 Å². The van der Waals surface area contributed by atoms with Crippen molar-refractivity contribution in [3.63, 3.8) is 0 Å². The Hall–Kier alpha value is -3.00. The lowest BCUT2D eigenvalue weighted by Gasteiger charge is -2.28.